The van der Waals surface area contributed by atoms with Crippen LogP contribution in [0, 0.1) is 0 Å². The number of carbonyl (C=O) groups excluding carboxylic acids is 4. The Bertz CT molecular complexity index is 1950. The van der Waals surface area contributed by atoms with Crippen LogP contribution in [0.25, 0.3) is 11.1 Å². The molecule has 0 fully saturated rings. The third-order valence-electron chi connectivity index (χ3n) is 8.77. The number of ether oxygens (including phenoxy) is 1. The van der Waals surface area contributed by atoms with Gasteiger partial charge in [-0.05, 0) is 70.8 Å². The molecule has 4 aromatic rings. The van der Waals surface area contributed by atoms with Gasteiger partial charge in [-0.25, -0.2) is 17.9 Å². The number of unbranched alkanes of at least 4 members (excludes halogenated alkanes) is 2. The maximum absolute atomic E-state index is 12.6. The van der Waals surface area contributed by atoms with E-state index >= 15 is 0 Å². The van der Waals surface area contributed by atoms with Gasteiger partial charge in [0.25, 0.3) is 10.0 Å². The summed E-state index contributed by atoms with van der Waals surface area (Å²) >= 11 is 0. The highest BCUT2D eigenvalue weighted by Gasteiger charge is 2.29. The van der Waals surface area contributed by atoms with Crippen LogP contribution in [0.5, 0.6) is 0 Å². The molecule has 0 bridgehead atoms. The standard InChI is InChI=1S/C39H43N5O7S/c40-24-27-17-20-29(21-18-27)52(49,50)44-37(46)22-19-28-10-3-8-15-35(28)43-38(47)25-42-36(45)16-2-1-9-23-41-39(48)51-26-34-32-13-6-4-11-30(32)31-12-5-7-14-33(31)34/h3-8,10-15,17-18,20-21,34H,1-2,9,16,19,22-26,40H2,(H,41,48)(H,42,45)(H,43,47)(H,44,46). The van der Waals surface area contributed by atoms with E-state index in [-0.39, 0.29) is 55.7 Å². The third kappa shape index (κ3) is 10.3. The topological polar surface area (TPSA) is 186 Å². The lowest BCUT2D eigenvalue weighted by Crippen LogP contribution is -2.33. The molecule has 0 unspecified atom stereocenters. The normalized spacial score (nSPS) is 11.9. The largest absolute Gasteiger partial charge is 0.449 e. The average molecular weight is 726 g/mol. The SMILES string of the molecule is NCc1ccc(S(=O)(=O)NC(=O)CCc2ccccc2NC(=O)CNC(=O)CCCCCNC(=O)OCC2c3ccccc3-c3ccccc32)cc1. The van der Waals surface area contributed by atoms with Crippen LogP contribution in [-0.4, -0.2) is 51.9 Å². The lowest BCUT2D eigenvalue weighted by Gasteiger charge is -2.14. The highest BCUT2D eigenvalue weighted by Crippen LogP contribution is 2.44. The van der Waals surface area contributed by atoms with Crippen molar-refractivity contribution in [2.45, 2.75) is 55.9 Å². The minimum absolute atomic E-state index is 0.00755. The summed E-state index contributed by atoms with van der Waals surface area (Å²) in [4.78, 5) is 49.7. The summed E-state index contributed by atoms with van der Waals surface area (Å²) in [6.07, 6.45) is 1.74. The number of nitrogens with one attached hydrogen (secondary N) is 4. The Hall–Kier alpha value is -5.53. The molecular weight excluding hydrogens is 683 g/mol. The number of rotatable bonds is 17. The summed E-state index contributed by atoms with van der Waals surface area (Å²) in [6.45, 7) is 0.692. The number of alkyl carbamates (subject to hydrolysis) is 1. The quantitative estimate of drug-likeness (QED) is 0.0967. The Morgan fingerprint density at radius 1 is 0.692 bits per heavy atom. The van der Waals surface area contributed by atoms with Crippen molar-refractivity contribution in [1.29, 1.82) is 0 Å². The molecule has 0 saturated carbocycles. The Kier molecular flexibility index (Phi) is 13.1. The zero-order valence-corrected chi connectivity index (χ0v) is 29.5. The number of amides is 4. The molecule has 0 saturated heterocycles. The second-order valence-corrected chi connectivity index (χ2v) is 14.1. The molecule has 0 atom stereocenters. The molecule has 0 spiro atoms. The third-order valence-corrected chi connectivity index (χ3v) is 10.2. The molecule has 272 valence electrons. The number of hydrogen-bond donors (Lipinski definition) is 5. The second kappa shape index (κ2) is 18.1. The summed E-state index contributed by atoms with van der Waals surface area (Å²) < 4.78 is 32.8. The Morgan fingerprint density at radius 3 is 2.04 bits per heavy atom. The number of hydrogen-bond acceptors (Lipinski definition) is 8. The van der Waals surface area contributed by atoms with Crippen LogP contribution in [0.3, 0.4) is 0 Å². The summed E-state index contributed by atoms with van der Waals surface area (Å²) in [5.41, 5.74) is 12.0. The molecule has 0 aromatic heterocycles. The molecule has 5 rings (SSSR count). The van der Waals surface area contributed by atoms with E-state index in [1.165, 1.54) is 23.3 Å². The molecule has 52 heavy (non-hydrogen) atoms. The second-order valence-electron chi connectivity index (χ2n) is 12.4. The average Bonchev–Trinajstić information content (AvgIpc) is 3.47. The highest BCUT2D eigenvalue weighted by atomic mass is 32.2. The number of sulfonamides is 1. The van der Waals surface area contributed by atoms with E-state index in [1.807, 2.05) is 24.3 Å². The minimum Gasteiger partial charge on any atom is -0.449 e. The number of aryl methyl sites for hydroxylation is 1. The highest BCUT2D eigenvalue weighted by molar-refractivity contribution is 7.90. The summed E-state index contributed by atoms with van der Waals surface area (Å²) in [5, 5.41) is 8.13. The van der Waals surface area contributed by atoms with Crippen LogP contribution in [0.2, 0.25) is 0 Å². The molecule has 4 aromatic carbocycles. The van der Waals surface area contributed by atoms with E-state index in [0.29, 0.717) is 37.1 Å². The van der Waals surface area contributed by atoms with Crippen molar-refractivity contribution in [1.82, 2.24) is 15.4 Å². The van der Waals surface area contributed by atoms with Crippen LogP contribution in [0.1, 0.15) is 60.3 Å². The van der Waals surface area contributed by atoms with Gasteiger partial charge in [0.15, 0.2) is 0 Å². The lowest BCUT2D eigenvalue weighted by atomic mass is 9.98. The maximum atomic E-state index is 12.6. The fourth-order valence-corrected chi connectivity index (χ4v) is 7.08. The molecule has 13 heteroatoms. The molecule has 12 nitrogen and oxygen atoms in total. The Balaban J connectivity index is 0.945. The van der Waals surface area contributed by atoms with Crippen molar-refractivity contribution in [2.75, 3.05) is 25.0 Å². The fourth-order valence-electron chi connectivity index (χ4n) is 6.06. The fraction of sp³-hybridized carbons (Fsp3) is 0.282. The van der Waals surface area contributed by atoms with Crippen LogP contribution < -0.4 is 26.4 Å². The van der Waals surface area contributed by atoms with Gasteiger partial charge in [-0.3, -0.25) is 14.4 Å². The van der Waals surface area contributed by atoms with Crippen molar-refractivity contribution in [3.63, 3.8) is 0 Å². The minimum atomic E-state index is -4.04. The number of para-hydroxylation sites is 1. The Labute approximate surface area is 303 Å². The van der Waals surface area contributed by atoms with Crippen LogP contribution in [0.4, 0.5) is 10.5 Å². The van der Waals surface area contributed by atoms with Crippen LogP contribution in [0.15, 0.2) is 102 Å². The smallest absolute Gasteiger partial charge is 0.407 e. The van der Waals surface area contributed by atoms with E-state index < -0.39 is 27.9 Å². The van der Waals surface area contributed by atoms with Gasteiger partial charge in [-0.1, -0.05) is 85.3 Å². The van der Waals surface area contributed by atoms with E-state index in [0.717, 1.165) is 16.7 Å². The van der Waals surface area contributed by atoms with Crippen molar-refractivity contribution in [2.24, 2.45) is 5.73 Å². The van der Waals surface area contributed by atoms with Crippen LogP contribution in [-0.2, 0) is 42.1 Å². The number of nitrogens with two attached hydrogens (primary N) is 1. The molecule has 6 N–H and O–H groups in total. The number of carbonyl (C=O) groups is 4. The number of benzene rings is 4. The van der Waals surface area contributed by atoms with E-state index in [2.05, 4.69) is 44.9 Å². The van der Waals surface area contributed by atoms with Gasteiger partial charge in [0.1, 0.15) is 6.61 Å². The van der Waals surface area contributed by atoms with Gasteiger partial charge in [0.2, 0.25) is 17.7 Å². The van der Waals surface area contributed by atoms with Crippen LogP contribution >= 0.6 is 0 Å². The summed E-state index contributed by atoms with van der Waals surface area (Å²) in [6, 6.07) is 29.1. The lowest BCUT2D eigenvalue weighted by molar-refractivity contribution is -0.124. The first kappa shape index (κ1) is 37.7. The van der Waals surface area contributed by atoms with Crippen molar-refractivity contribution >= 4 is 39.5 Å². The Morgan fingerprint density at radius 2 is 1.35 bits per heavy atom. The molecule has 0 heterocycles. The molecule has 1 aliphatic rings. The molecular formula is C39H43N5O7S. The summed E-state index contributed by atoms with van der Waals surface area (Å²) in [5.74, 6) is -1.42. The van der Waals surface area contributed by atoms with E-state index in [1.54, 1.807) is 36.4 Å². The van der Waals surface area contributed by atoms with Crippen molar-refractivity contribution in [3.05, 3.63) is 119 Å². The van der Waals surface area contributed by atoms with Gasteiger partial charge >= 0.3 is 6.09 Å². The van der Waals surface area contributed by atoms with E-state index in [9.17, 15) is 27.6 Å². The predicted octanol–water partition coefficient (Wildman–Crippen LogP) is 4.74. The van der Waals surface area contributed by atoms with Gasteiger partial charge < -0.3 is 26.4 Å². The first-order chi connectivity index (χ1) is 25.1. The monoisotopic (exact) mass is 725 g/mol. The van der Waals surface area contributed by atoms with Gasteiger partial charge in [-0.15, -0.1) is 0 Å². The van der Waals surface area contributed by atoms with Gasteiger partial charge in [0, 0.05) is 37.5 Å². The number of anilines is 1. The van der Waals surface area contributed by atoms with Crippen molar-refractivity contribution in [3.8, 4) is 11.1 Å². The van der Waals surface area contributed by atoms with Gasteiger partial charge in [-0.2, -0.15) is 0 Å². The first-order valence-corrected chi connectivity index (χ1v) is 18.7. The molecule has 4 amide bonds. The zero-order chi connectivity index (χ0) is 36.9. The van der Waals surface area contributed by atoms with E-state index in [4.69, 9.17) is 10.5 Å². The zero-order valence-electron chi connectivity index (χ0n) is 28.7. The van der Waals surface area contributed by atoms with Crippen molar-refractivity contribution < 1.29 is 32.3 Å². The van der Waals surface area contributed by atoms with Gasteiger partial charge in [0.05, 0.1) is 11.4 Å². The molecule has 0 aliphatic heterocycles. The maximum Gasteiger partial charge on any atom is 0.407 e. The molecule has 0 radical (unpaired) electrons. The summed E-state index contributed by atoms with van der Waals surface area (Å²) in [7, 11) is -4.04. The number of fused-ring (bicyclic) bond motifs is 3. The molecule has 1 aliphatic carbocycles. The first-order valence-electron chi connectivity index (χ1n) is 17.2. The predicted molar refractivity (Wildman–Crippen MR) is 198 cm³/mol.